The van der Waals surface area contributed by atoms with Gasteiger partial charge in [0.05, 0.1) is 11.6 Å². The Morgan fingerprint density at radius 3 is 2.56 bits per heavy atom. The molecule has 1 heterocycles. The molecule has 0 saturated carbocycles. The predicted octanol–water partition coefficient (Wildman–Crippen LogP) is 3.12. The average Bonchev–Trinajstić information content (AvgIpc) is 2.90. The molecule has 1 aliphatic heterocycles. The lowest BCUT2D eigenvalue weighted by Gasteiger charge is -2.19. The number of rotatable bonds is 5. The fourth-order valence-electron chi connectivity index (χ4n) is 2.60. The van der Waals surface area contributed by atoms with Crippen LogP contribution in [0.25, 0.3) is 6.08 Å². The second-order valence-electron chi connectivity index (χ2n) is 5.79. The van der Waals surface area contributed by atoms with E-state index in [9.17, 15) is 14.7 Å². The molecular weight excluding hydrogens is 390 g/mol. The number of carbonyl (C=O) groups is 2. The maximum Gasteiger partial charge on any atom is 0.331 e. The Bertz CT molecular complexity index is 651. The number of amides is 1. The fraction of sp³-hybridized carbons (Fsp3) is 0.444. The normalized spacial score (nSPS) is 15.0. The molecule has 0 atom stereocenters. The van der Waals surface area contributed by atoms with Gasteiger partial charge in [0, 0.05) is 19.2 Å². The van der Waals surface area contributed by atoms with Gasteiger partial charge < -0.3 is 19.5 Å². The molecule has 1 aromatic rings. The molecule has 0 spiro atoms. The highest BCUT2D eigenvalue weighted by Gasteiger charge is 2.16. The van der Waals surface area contributed by atoms with Gasteiger partial charge in [-0.1, -0.05) is 12.8 Å². The number of hydrogen-bond donors (Lipinski definition) is 1. The standard InChI is InChI=1S/C18H22BrNO5/c1-24-15-11-13(10-14(19)18(15)23)6-7-17(22)25-12-16(21)20-8-4-2-3-5-9-20/h6-7,10-11,23H,2-5,8-9,12H2,1H3/b7-6+. The molecule has 1 aliphatic rings. The summed E-state index contributed by atoms with van der Waals surface area (Å²) < 4.78 is 10.5. The van der Waals surface area contributed by atoms with Crippen molar-refractivity contribution in [2.24, 2.45) is 0 Å². The second-order valence-corrected chi connectivity index (χ2v) is 6.64. The van der Waals surface area contributed by atoms with Crippen molar-refractivity contribution in [2.45, 2.75) is 25.7 Å². The summed E-state index contributed by atoms with van der Waals surface area (Å²) in [6.07, 6.45) is 7.05. The van der Waals surface area contributed by atoms with Crippen molar-refractivity contribution in [2.75, 3.05) is 26.8 Å². The van der Waals surface area contributed by atoms with Crippen LogP contribution in [0, 0.1) is 0 Å². The van der Waals surface area contributed by atoms with Crippen LogP contribution in [0.3, 0.4) is 0 Å². The third kappa shape index (κ3) is 5.77. The van der Waals surface area contributed by atoms with Crippen LogP contribution in [0.4, 0.5) is 0 Å². The Kier molecular flexibility index (Phi) is 7.31. The maximum absolute atomic E-state index is 12.1. The molecule has 1 fully saturated rings. The quantitative estimate of drug-likeness (QED) is 0.594. The minimum Gasteiger partial charge on any atom is -0.503 e. The lowest BCUT2D eigenvalue weighted by Crippen LogP contribution is -2.35. The summed E-state index contributed by atoms with van der Waals surface area (Å²) in [5.41, 5.74) is 0.650. The van der Waals surface area contributed by atoms with Gasteiger partial charge in [-0.05, 0) is 52.5 Å². The number of ether oxygens (including phenoxy) is 2. The molecule has 2 rings (SSSR count). The van der Waals surface area contributed by atoms with E-state index in [-0.39, 0.29) is 18.3 Å². The topological polar surface area (TPSA) is 76.1 Å². The summed E-state index contributed by atoms with van der Waals surface area (Å²) in [6.45, 7) is 1.22. The summed E-state index contributed by atoms with van der Waals surface area (Å²) in [7, 11) is 1.44. The van der Waals surface area contributed by atoms with Gasteiger partial charge in [0.1, 0.15) is 0 Å². The SMILES string of the molecule is COc1cc(/C=C/C(=O)OCC(=O)N2CCCCCC2)cc(Br)c1O. The molecule has 1 saturated heterocycles. The lowest BCUT2D eigenvalue weighted by atomic mass is 10.2. The molecule has 7 heteroatoms. The first kappa shape index (κ1) is 19.3. The zero-order chi connectivity index (χ0) is 18.2. The first-order valence-electron chi connectivity index (χ1n) is 8.20. The molecule has 0 aliphatic carbocycles. The third-order valence-corrected chi connectivity index (χ3v) is 4.58. The number of halogens is 1. The summed E-state index contributed by atoms with van der Waals surface area (Å²) in [6, 6.07) is 3.23. The van der Waals surface area contributed by atoms with Crippen LogP contribution in [0.2, 0.25) is 0 Å². The number of phenols is 1. The van der Waals surface area contributed by atoms with E-state index < -0.39 is 5.97 Å². The Labute approximate surface area is 155 Å². The van der Waals surface area contributed by atoms with Crippen molar-refractivity contribution in [1.82, 2.24) is 4.90 Å². The van der Waals surface area contributed by atoms with Crippen molar-refractivity contribution in [3.63, 3.8) is 0 Å². The lowest BCUT2D eigenvalue weighted by molar-refractivity contribution is -0.148. The minimum atomic E-state index is -0.591. The average molecular weight is 412 g/mol. The Morgan fingerprint density at radius 1 is 1.24 bits per heavy atom. The first-order chi connectivity index (χ1) is 12.0. The van der Waals surface area contributed by atoms with Gasteiger partial charge in [0.15, 0.2) is 18.1 Å². The summed E-state index contributed by atoms with van der Waals surface area (Å²) in [5, 5.41) is 9.76. The van der Waals surface area contributed by atoms with Crippen LogP contribution in [0.15, 0.2) is 22.7 Å². The van der Waals surface area contributed by atoms with E-state index in [0.717, 1.165) is 38.8 Å². The van der Waals surface area contributed by atoms with Crippen molar-refractivity contribution in [1.29, 1.82) is 0 Å². The highest BCUT2D eigenvalue weighted by molar-refractivity contribution is 9.10. The number of hydrogen-bond acceptors (Lipinski definition) is 5. The highest BCUT2D eigenvalue weighted by atomic mass is 79.9. The van der Waals surface area contributed by atoms with Crippen molar-refractivity contribution < 1.29 is 24.2 Å². The van der Waals surface area contributed by atoms with Gasteiger partial charge in [-0.3, -0.25) is 4.79 Å². The van der Waals surface area contributed by atoms with E-state index >= 15 is 0 Å². The number of phenolic OH excluding ortho intramolecular Hbond substituents is 1. The van der Waals surface area contributed by atoms with E-state index in [1.807, 2.05) is 0 Å². The molecule has 0 radical (unpaired) electrons. The van der Waals surface area contributed by atoms with Gasteiger partial charge in [-0.2, -0.15) is 0 Å². The van der Waals surface area contributed by atoms with E-state index in [1.54, 1.807) is 17.0 Å². The maximum atomic E-state index is 12.1. The van der Waals surface area contributed by atoms with Crippen molar-refractivity contribution in [3.05, 3.63) is 28.2 Å². The molecule has 1 aromatic carbocycles. The third-order valence-electron chi connectivity index (χ3n) is 3.98. The fourth-order valence-corrected chi connectivity index (χ4v) is 3.06. The van der Waals surface area contributed by atoms with E-state index in [0.29, 0.717) is 15.8 Å². The molecule has 1 N–H and O–H groups in total. The number of likely N-dealkylation sites (tertiary alicyclic amines) is 1. The number of benzene rings is 1. The van der Waals surface area contributed by atoms with E-state index in [4.69, 9.17) is 9.47 Å². The number of aromatic hydroxyl groups is 1. The van der Waals surface area contributed by atoms with Gasteiger partial charge >= 0.3 is 5.97 Å². The Hall–Kier alpha value is -2.02. The number of esters is 1. The highest BCUT2D eigenvalue weighted by Crippen LogP contribution is 2.35. The second kappa shape index (κ2) is 9.46. The zero-order valence-electron chi connectivity index (χ0n) is 14.2. The monoisotopic (exact) mass is 411 g/mol. The van der Waals surface area contributed by atoms with Crippen LogP contribution in [-0.4, -0.2) is 48.7 Å². The Balaban J connectivity index is 1.88. The van der Waals surface area contributed by atoms with Crippen LogP contribution < -0.4 is 4.74 Å². The van der Waals surface area contributed by atoms with Gasteiger partial charge in [0.2, 0.25) is 0 Å². The molecule has 0 bridgehead atoms. The summed E-state index contributed by atoms with van der Waals surface area (Å²) in [5.74, 6) is -0.465. The number of nitrogens with zero attached hydrogens (tertiary/aromatic N) is 1. The minimum absolute atomic E-state index is 0.00901. The predicted molar refractivity (Wildman–Crippen MR) is 97.4 cm³/mol. The molecular formula is C18H22BrNO5. The largest absolute Gasteiger partial charge is 0.503 e. The van der Waals surface area contributed by atoms with Crippen molar-refractivity contribution >= 4 is 33.9 Å². The molecule has 1 amide bonds. The molecule has 0 aromatic heterocycles. The van der Waals surface area contributed by atoms with Gasteiger partial charge in [0.25, 0.3) is 5.91 Å². The molecule has 0 unspecified atom stereocenters. The van der Waals surface area contributed by atoms with Crippen LogP contribution in [-0.2, 0) is 14.3 Å². The number of methoxy groups -OCH3 is 1. The summed E-state index contributed by atoms with van der Waals surface area (Å²) in [4.78, 5) is 25.6. The molecule has 6 nitrogen and oxygen atoms in total. The van der Waals surface area contributed by atoms with Crippen molar-refractivity contribution in [3.8, 4) is 11.5 Å². The van der Waals surface area contributed by atoms with Gasteiger partial charge in [-0.15, -0.1) is 0 Å². The summed E-state index contributed by atoms with van der Waals surface area (Å²) >= 11 is 3.21. The number of carbonyl (C=O) groups excluding carboxylic acids is 2. The first-order valence-corrected chi connectivity index (χ1v) is 8.99. The Morgan fingerprint density at radius 2 is 1.92 bits per heavy atom. The van der Waals surface area contributed by atoms with Crippen LogP contribution in [0.5, 0.6) is 11.5 Å². The van der Waals surface area contributed by atoms with Gasteiger partial charge in [-0.25, -0.2) is 4.79 Å². The van der Waals surface area contributed by atoms with Crippen LogP contribution in [0.1, 0.15) is 31.2 Å². The molecule has 25 heavy (non-hydrogen) atoms. The smallest absolute Gasteiger partial charge is 0.331 e. The molecule has 136 valence electrons. The van der Waals surface area contributed by atoms with E-state index in [1.165, 1.54) is 19.3 Å². The van der Waals surface area contributed by atoms with Crippen LogP contribution >= 0.6 is 15.9 Å². The van der Waals surface area contributed by atoms with E-state index in [2.05, 4.69) is 15.9 Å². The zero-order valence-corrected chi connectivity index (χ0v) is 15.8.